The second-order valence-corrected chi connectivity index (χ2v) is 4.63. The number of hydrogen-bond donors (Lipinski definition) is 1. The van der Waals surface area contributed by atoms with Crippen LogP contribution in [-0.4, -0.2) is 63.0 Å². The summed E-state index contributed by atoms with van der Waals surface area (Å²) < 4.78 is 0. The van der Waals surface area contributed by atoms with E-state index in [-0.39, 0.29) is 11.8 Å². The third kappa shape index (κ3) is 6.80. The Balaban J connectivity index is 3.79. The molecule has 4 heteroatoms. The largest absolute Gasteiger partial charge is 0.345 e. The van der Waals surface area contributed by atoms with Gasteiger partial charge in [0.15, 0.2) is 0 Å². The average molecular weight is 229 g/mol. The van der Waals surface area contributed by atoms with Gasteiger partial charge in [-0.25, -0.2) is 0 Å². The van der Waals surface area contributed by atoms with E-state index in [0.717, 1.165) is 32.6 Å². The monoisotopic (exact) mass is 229 g/mol. The number of rotatable bonds is 8. The second-order valence-electron chi connectivity index (χ2n) is 4.63. The first-order chi connectivity index (χ1) is 7.49. The molecule has 0 heterocycles. The Hall–Kier alpha value is -0.610. The van der Waals surface area contributed by atoms with E-state index in [1.54, 1.807) is 0 Å². The van der Waals surface area contributed by atoms with Gasteiger partial charge in [0.2, 0.25) is 5.91 Å². The summed E-state index contributed by atoms with van der Waals surface area (Å²) in [7, 11) is 5.99. The fraction of sp³-hybridized carbons (Fsp3) is 0.917. The summed E-state index contributed by atoms with van der Waals surface area (Å²) in [4.78, 5) is 15.9. The lowest BCUT2D eigenvalue weighted by atomic mass is 10.1. The molecule has 1 N–H and O–H groups in total. The fourth-order valence-electron chi connectivity index (χ4n) is 1.56. The number of nitrogens with zero attached hydrogens (tertiary/aromatic N) is 2. The predicted molar refractivity (Wildman–Crippen MR) is 68.5 cm³/mol. The van der Waals surface area contributed by atoms with Gasteiger partial charge in [0.25, 0.3) is 0 Å². The standard InChI is InChI=1S/C12H27N3O/c1-6-13-10-11(2)12(16)15(5)9-7-8-14(3)4/h11,13H,6-10H2,1-5H3. The molecule has 0 bridgehead atoms. The molecule has 0 rings (SSSR count). The van der Waals surface area contributed by atoms with Crippen LogP contribution in [0.1, 0.15) is 20.3 Å². The zero-order valence-electron chi connectivity index (χ0n) is 11.4. The summed E-state index contributed by atoms with van der Waals surface area (Å²) in [6, 6.07) is 0. The average Bonchev–Trinajstić information content (AvgIpc) is 2.24. The minimum atomic E-state index is 0.0734. The van der Waals surface area contributed by atoms with Gasteiger partial charge >= 0.3 is 0 Å². The van der Waals surface area contributed by atoms with Crippen LogP contribution < -0.4 is 5.32 Å². The van der Waals surface area contributed by atoms with Crippen LogP contribution in [-0.2, 0) is 4.79 Å². The Labute approximate surface area is 100.0 Å². The molecule has 0 spiro atoms. The van der Waals surface area contributed by atoms with Gasteiger partial charge in [0.1, 0.15) is 0 Å². The zero-order valence-corrected chi connectivity index (χ0v) is 11.4. The molecule has 0 saturated carbocycles. The van der Waals surface area contributed by atoms with Crippen LogP contribution in [0.5, 0.6) is 0 Å². The molecule has 1 amide bonds. The van der Waals surface area contributed by atoms with E-state index in [4.69, 9.17) is 0 Å². The highest BCUT2D eigenvalue weighted by atomic mass is 16.2. The first-order valence-corrected chi connectivity index (χ1v) is 6.09. The molecule has 0 fully saturated rings. The van der Waals surface area contributed by atoms with E-state index in [1.807, 2.05) is 18.9 Å². The number of carbonyl (C=O) groups excluding carboxylic acids is 1. The quantitative estimate of drug-likeness (QED) is 0.663. The molecule has 0 aromatic carbocycles. The van der Waals surface area contributed by atoms with Gasteiger partial charge in [-0.05, 0) is 33.6 Å². The summed E-state index contributed by atoms with van der Waals surface area (Å²) >= 11 is 0. The van der Waals surface area contributed by atoms with Crippen molar-refractivity contribution in [1.82, 2.24) is 15.1 Å². The maximum Gasteiger partial charge on any atom is 0.226 e. The van der Waals surface area contributed by atoms with Crippen LogP contribution >= 0.6 is 0 Å². The van der Waals surface area contributed by atoms with E-state index in [2.05, 4.69) is 31.2 Å². The summed E-state index contributed by atoms with van der Waals surface area (Å²) in [6.45, 7) is 7.59. The molecule has 0 saturated heterocycles. The molecule has 0 aliphatic carbocycles. The van der Waals surface area contributed by atoms with Gasteiger partial charge in [0, 0.05) is 26.1 Å². The molecule has 1 unspecified atom stereocenters. The van der Waals surface area contributed by atoms with Crippen molar-refractivity contribution in [2.75, 3.05) is 47.3 Å². The minimum absolute atomic E-state index is 0.0734. The highest BCUT2D eigenvalue weighted by molar-refractivity contribution is 5.78. The zero-order chi connectivity index (χ0) is 12.6. The number of amides is 1. The first-order valence-electron chi connectivity index (χ1n) is 6.09. The summed E-state index contributed by atoms with van der Waals surface area (Å²) in [5, 5.41) is 3.20. The van der Waals surface area contributed by atoms with Crippen molar-refractivity contribution < 1.29 is 4.79 Å². The lowest BCUT2D eigenvalue weighted by molar-refractivity contribution is -0.133. The fourth-order valence-corrected chi connectivity index (χ4v) is 1.56. The molecule has 0 aromatic heterocycles. The van der Waals surface area contributed by atoms with Crippen molar-refractivity contribution in [3.63, 3.8) is 0 Å². The smallest absolute Gasteiger partial charge is 0.226 e. The lowest BCUT2D eigenvalue weighted by Gasteiger charge is -2.22. The van der Waals surface area contributed by atoms with Crippen LogP contribution in [0, 0.1) is 5.92 Å². The lowest BCUT2D eigenvalue weighted by Crippen LogP contribution is -2.37. The van der Waals surface area contributed by atoms with Crippen molar-refractivity contribution in [3.05, 3.63) is 0 Å². The summed E-state index contributed by atoms with van der Waals surface area (Å²) in [5.41, 5.74) is 0. The highest BCUT2D eigenvalue weighted by Gasteiger charge is 2.16. The Bertz CT molecular complexity index is 195. The Morgan fingerprint density at radius 2 is 1.88 bits per heavy atom. The molecular weight excluding hydrogens is 202 g/mol. The number of hydrogen-bond acceptors (Lipinski definition) is 3. The molecule has 0 aromatic rings. The van der Waals surface area contributed by atoms with Crippen molar-refractivity contribution in [2.45, 2.75) is 20.3 Å². The van der Waals surface area contributed by atoms with E-state index in [0.29, 0.717) is 0 Å². The van der Waals surface area contributed by atoms with Gasteiger partial charge in [-0.1, -0.05) is 13.8 Å². The van der Waals surface area contributed by atoms with Gasteiger partial charge < -0.3 is 15.1 Å². The first kappa shape index (κ1) is 15.4. The van der Waals surface area contributed by atoms with Crippen molar-refractivity contribution in [3.8, 4) is 0 Å². The topological polar surface area (TPSA) is 35.6 Å². The summed E-state index contributed by atoms with van der Waals surface area (Å²) in [6.07, 6.45) is 1.03. The van der Waals surface area contributed by atoms with E-state index >= 15 is 0 Å². The molecule has 0 radical (unpaired) electrons. The molecular formula is C12H27N3O. The van der Waals surface area contributed by atoms with Gasteiger partial charge in [0.05, 0.1) is 0 Å². The minimum Gasteiger partial charge on any atom is -0.345 e. The Morgan fingerprint density at radius 3 is 2.38 bits per heavy atom. The van der Waals surface area contributed by atoms with Crippen LogP contribution in [0.4, 0.5) is 0 Å². The van der Waals surface area contributed by atoms with Crippen LogP contribution in [0.3, 0.4) is 0 Å². The summed E-state index contributed by atoms with van der Waals surface area (Å²) in [5.74, 6) is 0.309. The normalized spacial score (nSPS) is 12.9. The van der Waals surface area contributed by atoms with Crippen LogP contribution in [0.15, 0.2) is 0 Å². The van der Waals surface area contributed by atoms with Crippen molar-refractivity contribution >= 4 is 5.91 Å². The maximum atomic E-state index is 11.9. The Morgan fingerprint density at radius 1 is 1.25 bits per heavy atom. The maximum absolute atomic E-state index is 11.9. The second kappa shape index (κ2) is 8.53. The van der Waals surface area contributed by atoms with E-state index < -0.39 is 0 Å². The van der Waals surface area contributed by atoms with Gasteiger partial charge in [-0.3, -0.25) is 4.79 Å². The number of nitrogens with one attached hydrogen (secondary N) is 1. The number of carbonyl (C=O) groups is 1. The predicted octanol–water partition coefficient (Wildman–Crippen LogP) is 0.642. The third-order valence-electron chi connectivity index (χ3n) is 2.60. The Kier molecular flexibility index (Phi) is 8.21. The SMILES string of the molecule is CCNCC(C)C(=O)N(C)CCCN(C)C. The van der Waals surface area contributed by atoms with E-state index in [9.17, 15) is 4.79 Å². The third-order valence-corrected chi connectivity index (χ3v) is 2.60. The molecule has 16 heavy (non-hydrogen) atoms. The van der Waals surface area contributed by atoms with Crippen molar-refractivity contribution in [1.29, 1.82) is 0 Å². The molecule has 0 aliphatic heterocycles. The molecule has 1 atom stereocenters. The van der Waals surface area contributed by atoms with Gasteiger partial charge in [-0.2, -0.15) is 0 Å². The molecule has 4 nitrogen and oxygen atoms in total. The van der Waals surface area contributed by atoms with Crippen LogP contribution in [0.25, 0.3) is 0 Å². The van der Waals surface area contributed by atoms with Gasteiger partial charge in [-0.15, -0.1) is 0 Å². The molecule has 0 aliphatic rings. The van der Waals surface area contributed by atoms with Crippen molar-refractivity contribution in [2.24, 2.45) is 5.92 Å². The molecule has 96 valence electrons. The van der Waals surface area contributed by atoms with E-state index in [1.165, 1.54) is 0 Å². The highest BCUT2D eigenvalue weighted by Crippen LogP contribution is 2.00. The van der Waals surface area contributed by atoms with Crippen LogP contribution in [0.2, 0.25) is 0 Å².